The lowest BCUT2D eigenvalue weighted by molar-refractivity contribution is 1.07. The van der Waals surface area contributed by atoms with Gasteiger partial charge in [-0.1, -0.05) is 200 Å². The minimum atomic E-state index is 0.624. The van der Waals surface area contributed by atoms with Gasteiger partial charge in [0.15, 0.2) is 17.5 Å². The molecule has 378 valence electrons. The molecule has 6 nitrogen and oxygen atoms in total. The fourth-order valence-electron chi connectivity index (χ4n) is 12.4. The largest absolute Gasteiger partial charge is 0.309 e. The van der Waals surface area contributed by atoms with Crippen LogP contribution >= 0.6 is 0 Å². The Hall–Kier alpha value is -11.0. The lowest BCUT2D eigenvalue weighted by atomic mass is 9.97. The molecule has 0 spiro atoms. The Morgan fingerprint density at radius 2 is 0.568 bits per heavy atom. The number of hydrogen-bond acceptors (Lipinski definition) is 3. The van der Waals surface area contributed by atoms with Gasteiger partial charge in [-0.2, -0.15) is 0 Å². The fourth-order valence-corrected chi connectivity index (χ4v) is 12.4. The maximum Gasteiger partial charge on any atom is 0.164 e. The molecule has 4 heterocycles. The number of nitrogens with zero attached hydrogens (tertiary/aromatic N) is 6. The molecule has 16 rings (SSSR count). The van der Waals surface area contributed by atoms with Crippen LogP contribution in [0.1, 0.15) is 0 Å². The van der Waals surface area contributed by atoms with Gasteiger partial charge in [0.25, 0.3) is 0 Å². The SMILES string of the molecule is c1ccc(-c2ccc3c(c2)c2cc(-c4ccc5c(c4)c4ccccc4n5-c4ccccc4)ccc2n3-c2cccc(-n3c4ccccc4c4c(-c5cccc(-c6nc(-c7ccccc7)nc(-c7ccccc7)n6)c5)cccc43)c2)cc1. The van der Waals surface area contributed by atoms with E-state index in [2.05, 4.69) is 244 Å². The topological polar surface area (TPSA) is 53.5 Å². The summed E-state index contributed by atoms with van der Waals surface area (Å²) in [6.07, 6.45) is 0. The third-order valence-electron chi connectivity index (χ3n) is 16.1. The Kier molecular flexibility index (Phi) is 10.8. The van der Waals surface area contributed by atoms with Crippen molar-refractivity contribution in [3.8, 4) is 84.6 Å². The maximum atomic E-state index is 5.09. The van der Waals surface area contributed by atoms with E-state index in [1.54, 1.807) is 0 Å². The standard InChI is InChI=1S/C75H48N6/c1-5-20-49(21-6-1)52-38-41-69-64(45-52)65-47-54(53-39-42-68-63(46-53)61-32-13-15-35-66(61)79(68)57-28-11-4-12-29-57)40-43-70(65)80(69)58-30-18-31-59(48-58)81-67-36-16-14-33-62(67)72-60(34-19-37-71(72)81)55-26-17-27-56(44-55)75-77-73(50-22-7-2-8-23-50)76-74(78-75)51-24-9-3-10-25-51/h1-48H. The Balaban J connectivity index is 0.836. The predicted octanol–water partition coefficient (Wildman–Crippen LogP) is 19.2. The summed E-state index contributed by atoms with van der Waals surface area (Å²) >= 11 is 0. The molecular formula is C75H48N6. The highest BCUT2D eigenvalue weighted by Crippen LogP contribution is 2.43. The van der Waals surface area contributed by atoms with Crippen LogP contribution in [-0.2, 0) is 0 Å². The van der Waals surface area contributed by atoms with Gasteiger partial charge in [-0.05, 0) is 124 Å². The second-order valence-electron chi connectivity index (χ2n) is 20.8. The summed E-state index contributed by atoms with van der Waals surface area (Å²) in [6.45, 7) is 0. The highest BCUT2D eigenvalue weighted by molar-refractivity contribution is 6.17. The Morgan fingerprint density at radius 1 is 0.198 bits per heavy atom. The average molecular weight is 1030 g/mol. The first-order valence-corrected chi connectivity index (χ1v) is 27.5. The molecule has 0 bridgehead atoms. The minimum absolute atomic E-state index is 0.624. The Morgan fingerprint density at radius 3 is 1.16 bits per heavy atom. The van der Waals surface area contributed by atoms with Gasteiger partial charge < -0.3 is 13.7 Å². The van der Waals surface area contributed by atoms with E-state index in [0.717, 1.165) is 66.9 Å². The van der Waals surface area contributed by atoms with Gasteiger partial charge in [0.1, 0.15) is 0 Å². The third-order valence-corrected chi connectivity index (χ3v) is 16.1. The summed E-state index contributed by atoms with van der Waals surface area (Å²) in [7, 11) is 0. The van der Waals surface area contributed by atoms with Crippen molar-refractivity contribution in [3.05, 3.63) is 291 Å². The number of hydrogen-bond donors (Lipinski definition) is 0. The summed E-state index contributed by atoms with van der Waals surface area (Å²) < 4.78 is 7.25. The summed E-state index contributed by atoms with van der Waals surface area (Å²) in [6, 6.07) is 104. The average Bonchev–Trinajstić information content (AvgIpc) is 4.26. The van der Waals surface area contributed by atoms with Crippen molar-refractivity contribution in [2.45, 2.75) is 0 Å². The van der Waals surface area contributed by atoms with E-state index in [1.807, 2.05) is 60.7 Å². The summed E-state index contributed by atoms with van der Waals surface area (Å²) in [4.78, 5) is 15.2. The van der Waals surface area contributed by atoms with Crippen LogP contribution in [0, 0.1) is 0 Å². The molecule has 0 atom stereocenters. The van der Waals surface area contributed by atoms with Crippen molar-refractivity contribution in [2.75, 3.05) is 0 Å². The first kappa shape index (κ1) is 46.2. The number of fused-ring (bicyclic) bond motifs is 9. The van der Waals surface area contributed by atoms with Crippen molar-refractivity contribution in [1.29, 1.82) is 0 Å². The lowest BCUT2D eigenvalue weighted by Gasteiger charge is -2.13. The molecule has 0 radical (unpaired) electrons. The van der Waals surface area contributed by atoms with Crippen molar-refractivity contribution >= 4 is 65.4 Å². The maximum absolute atomic E-state index is 5.09. The van der Waals surface area contributed by atoms with E-state index < -0.39 is 0 Å². The van der Waals surface area contributed by atoms with Gasteiger partial charge in [-0.15, -0.1) is 0 Å². The van der Waals surface area contributed by atoms with Gasteiger partial charge in [0.05, 0.1) is 33.1 Å². The van der Waals surface area contributed by atoms with Crippen LogP contribution in [0.25, 0.3) is 150 Å². The van der Waals surface area contributed by atoms with E-state index in [4.69, 9.17) is 15.0 Å². The number of para-hydroxylation sites is 3. The molecule has 0 N–H and O–H groups in total. The molecule has 6 heteroatoms. The van der Waals surface area contributed by atoms with Crippen LogP contribution in [0.2, 0.25) is 0 Å². The van der Waals surface area contributed by atoms with Crippen LogP contribution in [0.4, 0.5) is 0 Å². The first-order valence-electron chi connectivity index (χ1n) is 27.5. The molecule has 0 fully saturated rings. The van der Waals surface area contributed by atoms with Gasteiger partial charge >= 0.3 is 0 Å². The second kappa shape index (κ2) is 18.9. The monoisotopic (exact) mass is 1030 g/mol. The molecule has 16 aromatic rings. The number of rotatable bonds is 9. The molecule has 12 aromatic carbocycles. The van der Waals surface area contributed by atoms with E-state index >= 15 is 0 Å². The van der Waals surface area contributed by atoms with E-state index in [0.29, 0.717) is 17.5 Å². The Labute approximate surface area is 467 Å². The number of aromatic nitrogens is 6. The summed E-state index contributed by atoms with van der Waals surface area (Å²) in [5.74, 6) is 1.90. The summed E-state index contributed by atoms with van der Waals surface area (Å²) in [5.41, 5.74) is 20.0. The second-order valence-corrected chi connectivity index (χ2v) is 20.8. The predicted molar refractivity (Wildman–Crippen MR) is 335 cm³/mol. The fraction of sp³-hybridized carbons (Fsp3) is 0. The molecular weight excluding hydrogens is 985 g/mol. The van der Waals surface area contributed by atoms with Crippen molar-refractivity contribution < 1.29 is 0 Å². The van der Waals surface area contributed by atoms with E-state index in [-0.39, 0.29) is 0 Å². The molecule has 0 aliphatic rings. The number of benzene rings is 12. The van der Waals surface area contributed by atoms with Gasteiger partial charge in [0.2, 0.25) is 0 Å². The molecule has 4 aromatic heterocycles. The zero-order chi connectivity index (χ0) is 53.4. The molecule has 0 amide bonds. The minimum Gasteiger partial charge on any atom is -0.309 e. The highest BCUT2D eigenvalue weighted by Gasteiger charge is 2.21. The molecule has 0 saturated carbocycles. The highest BCUT2D eigenvalue weighted by atomic mass is 15.0. The molecule has 0 aliphatic heterocycles. The third kappa shape index (κ3) is 7.76. The lowest BCUT2D eigenvalue weighted by Crippen LogP contribution is -2.00. The summed E-state index contributed by atoms with van der Waals surface area (Å²) in [5, 5.41) is 7.24. The van der Waals surface area contributed by atoms with Crippen molar-refractivity contribution in [3.63, 3.8) is 0 Å². The van der Waals surface area contributed by atoms with Crippen LogP contribution < -0.4 is 0 Å². The van der Waals surface area contributed by atoms with Gasteiger partial charge in [-0.3, -0.25) is 0 Å². The van der Waals surface area contributed by atoms with Crippen molar-refractivity contribution in [2.24, 2.45) is 0 Å². The van der Waals surface area contributed by atoms with Crippen LogP contribution in [0.15, 0.2) is 291 Å². The molecule has 0 aliphatic carbocycles. The van der Waals surface area contributed by atoms with Gasteiger partial charge in [-0.25, -0.2) is 15.0 Å². The normalized spacial score (nSPS) is 11.7. The Bertz CT molecular complexity index is 5040. The zero-order valence-corrected chi connectivity index (χ0v) is 43.9. The molecule has 0 unspecified atom stereocenters. The van der Waals surface area contributed by atoms with E-state index in [9.17, 15) is 0 Å². The quantitative estimate of drug-likeness (QED) is 0.145. The zero-order valence-electron chi connectivity index (χ0n) is 43.9. The molecule has 81 heavy (non-hydrogen) atoms. The van der Waals surface area contributed by atoms with Gasteiger partial charge in [0, 0.05) is 66.1 Å². The van der Waals surface area contributed by atoms with Crippen molar-refractivity contribution in [1.82, 2.24) is 28.7 Å². The van der Waals surface area contributed by atoms with Crippen LogP contribution in [0.5, 0.6) is 0 Å². The first-order chi connectivity index (χ1) is 40.2. The van der Waals surface area contributed by atoms with Crippen LogP contribution in [-0.4, -0.2) is 28.7 Å². The van der Waals surface area contributed by atoms with E-state index in [1.165, 1.54) is 65.6 Å². The van der Waals surface area contributed by atoms with Crippen LogP contribution in [0.3, 0.4) is 0 Å². The molecule has 0 saturated heterocycles. The smallest absolute Gasteiger partial charge is 0.164 e.